The van der Waals surface area contributed by atoms with E-state index in [9.17, 15) is 9.90 Å². The second kappa shape index (κ2) is 6.66. The van der Waals surface area contributed by atoms with Crippen molar-refractivity contribution in [3.63, 3.8) is 0 Å². The van der Waals surface area contributed by atoms with Crippen LogP contribution in [0.5, 0.6) is 11.5 Å². The Morgan fingerprint density at radius 2 is 1.88 bits per heavy atom. The Kier molecular flexibility index (Phi) is 4.42. The van der Waals surface area contributed by atoms with Gasteiger partial charge < -0.3 is 19.6 Å². The Labute approximate surface area is 139 Å². The number of hydrogen-bond donors (Lipinski definition) is 2. The molecular weight excluding hydrogens is 306 g/mol. The van der Waals surface area contributed by atoms with E-state index in [1.165, 1.54) is 0 Å². The molecule has 1 aromatic heterocycles. The minimum absolute atomic E-state index is 0.00265. The van der Waals surface area contributed by atoms with E-state index in [-0.39, 0.29) is 12.3 Å². The van der Waals surface area contributed by atoms with Crippen LogP contribution in [0.2, 0.25) is 0 Å². The minimum Gasteiger partial charge on any atom is -0.493 e. The van der Waals surface area contributed by atoms with Gasteiger partial charge in [0.25, 0.3) is 0 Å². The van der Waals surface area contributed by atoms with E-state index in [1.807, 2.05) is 42.6 Å². The molecule has 5 nitrogen and oxygen atoms in total. The third kappa shape index (κ3) is 2.93. The van der Waals surface area contributed by atoms with Crippen molar-refractivity contribution in [2.24, 2.45) is 0 Å². The van der Waals surface area contributed by atoms with E-state index < -0.39 is 5.97 Å². The molecule has 0 saturated carbocycles. The van der Waals surface area contributed by atoms with E-state index in [2.05, 4.69) is 4.98 Å². The summed E-state index contributed by atoms with van der Waals surface area (Å²) in [4.78, 5) is 14.6. The van der Waals surface area contributed by atoms with Gasteiger partial charge in [0.1, 0.15) is 0 Å². The molecule has 0 saturated heterocycles. The van der Waals surface area contributed by atoms with Gasteiger partial charge >= 0.3 is 5.97 Å². The summed E-state index contributed by atoms with van der Waals surface area (Å²) in [6.07, 6.45) is 1.88. The van der Waals surface area contributed by atoms with Crippen LogP contribution < -0.4 is 9.47 Å². The number of aromatic nitrogens is 1. The SMILES string of the molecule is COc1ccc([C@H](CC(=O)O)c2c[nH]c3ccccc23)cc1OC. The molecule has 1 atom stereocenters. The average molecular weight is 325 g/mol. The molecule has 0 amide bonds. The first-order chi connectivity index (χ1) is 11.6. The number of nitrogens with one attached hydrogen (secondary N) is 1. The van der Waals surface area contributed by atoms with Crippen LogP contribution in [0.3, 0.4) is 0 Å². The normalized spacial score (nSPS) is 12.1. The summed E-state index contributed by atoms with van der Waals surface area (Å²) >= 11 is 0. The number of aromatic amines is 1. The standard InChI is InChI=1S/C19H19NO4/c1-23-17-8-7-12(9-18(17)24-2)14(10-19(21)22)15-11-20-16-6-4-3-5-13(15)16/h3-9,11,14,20H,10H2,1-2H3,(H,21,22)/t14-/m0/s1. The van der Waals surface area contributed by atoms with Crippen LogP contribution in [0.1, 0.15) is 23.5 Å². The quantitative estimate of drug-likeness (QED) is 0.723. The zero-order valence-corrected chi connectivity index (χ0v) is 13.6. The second-order valence-electron chi connectivity index (χ2n) is 5.55. The van der Waals surface area contributed by atoms with E-state index in [0.717, 1.165) is 22.0 Å². The van der Waals surface area contributed by atoms with Crippen molar-refractivity contribution < 1.29 is 19.4 Å². The fraction of sp³-hybridized carbons (Fsp3) is 0.211. The molecular formula is C19H19NO4. The van der Waals surface area contributed by atoms with Crippen LogP contribution >= 0.6 is 0 Å². The van der Waals surface area contributed by atoms with Gasteiger partial charge in [0.15, 0.2) is 11.5 Å². The molecule has 1 heterocycles. The van der Waals surface area contributed by atoms with Crippen molar-refractivity contribution in [2.45, 2.75) is 12.3 Å². The van der Waals surface area contributed by atoms with Crippen molar-refractivity contribution >= 4 is 16.9 Å². The van der Waals surface area contributed by atoms with E-state index >= 15 is 0 Å². The Hall–Kier alpha value is -2.95. The molecule has 124 valence electrons. The van der Waals surface area contributed by atoms with Gasteiger partial charge in [-0.25, -0.2) is 0 Å². The number of H-pyrrole nitrogens is 1. The molecule has 2 N–H and O–H groups in total. The molecule has 3 aromatic rings. The number of fused-ring (bicyclic) bond motifs is 1. The van der Waals surface area contributed by atoms with Crippen molar-refractivity contribution in [1.29, 1.82) is 0 Å². The highest BCUT2D eigenvalue weighted by atomic mass is 16.5. The van der Waals surface area contributed by atoms with Crippen molar-refractivity contribution in [1.82, 2.24) is 4.98 Å². The average Bonchev–Trinajstić information content (AvgIpc) is 3.02. The number of aliphatic carboxylic acids is 1. The number of carbonyl (C=O) groups is 1. The van der Waals surface area contributed by atoms with Gasteiger partial charge in [-0.3, -0.25) is 4.79 Å². The van der Waals surface area contributed by atoms with Gasteiger partial charge in [0.2, 0.25) is 0 Å². The topological polar surface area (TPSA) is 71.5 Å². The van der Waals surface area contributed by atoms with Crippen LogP contribution in [0.25, 0.3) is 10.9 Å². The molecule has 0 aliphatic carbocycles. The van der Waals surface area contributed by atoms with E-state index in [1.54, 1.807) is 20.3 Å². The second-order valence-corrected chi connectivity index (χ2v) is 5.55. The van der Waals surface area contributed by atoms with Gasteiger partial charge in [-0.15, -0.1) is 0 Å². The highest BCUT2D eigenvalue weighted by molar-refractivity contribution is 5.85. The van der Waals surface area contributed by atoms with Crippen molar-refractivity contribution in [3.05, 3.63) is 59.8 Å². The molecule has 0 spiro atoms. The first kappa shape index (κ1) is 15.9. The number of methoxy groups -OCH3 is 2. The van der Waals surface area contributed by atoms with Gasteiger partial charge in [-0.1, -0.05) is 24.3 Å². The number of para-hydroxylation sites is 1. The smallest absolute Gasteiger partial charge is 0.304 e. The summed E-state index contributed by atoms with van der Waals surface area (Å²) in [7, 11) is 3.14. The first-order valence-electron chi connectivity index (χ1n) is 7.63. The summed E-state index contributed by atoms with van der Waals surface area (Å²) < 4.78 is 10.6. The molecule has 5 heteroatoms. The van der Waals surface area contributed by atoms with Gasteiger partial charge in [-0.2, -0.15) is 0 Å². The van der Waals surface area contributed by atoms with Gasteiger partial charge in [-0.05, 0) is 29.3 Å². The zero-order chi connectivity index (χ0) is 17.1. The number of carboxylic acids is 1. The monoisotopic (exact) mass is 325 g/mol. The van der Waals surface area contributed by atoms with Gasteiger partial charge in [0.05, 0.1) is 20.6 Å². The lowest BCUT2D eigenvalue weighted by Gasteiger charge is -2.17. The number of carboxylic acid groups (broad SMARTS) is 1. The summed E-state index contributed by atoms with van der Waals surface area (Å²) in [5, 5.41) is 10.4. The fourth-order valence-corrected chi connectivity index (χ4v) is 3.03. The molecule has 0 bridgehead atoms. The molecule has 0 aliphatic rings. The summed E-state index contributed by atoms with van der Waals surface area (Å²) in [6.45, 7) is 0. The maximum atomic E-state index is 11.4. The lowest BCUT2D eigenvalue weighted by molar-refractivity contribution is -0.137. The Morgan fingerprint density at radius 1 is 1.12 bits per heavy atom. The Bertz CT molecular complexity index is 869. The predicted octanol–water partition coefficient (Wildman–Crippen LogP) is 3.79. The summed E-state index contributed by atoms with van der Waals surface area (Å²) in [5.74, 6) is 0.0815. The van der Waals surface area contributed by atoms with Crippen LogP contribution in [0.15, 0.2) is 48.7 Å². The first-order valence-corrected chi connectivity index (χ1v) is 7.63. The lowest BCUT2D eigenvalue weighted by Crippen LogP contribution is -2.08. The third-order valence-corrected chi connectivity index (χ3v) is 4.19. The molecule has 0 aliphatic heterocycles. The van der Waals surface area contributed by atoms with Crippen molar-refractivity contribution in [2.75, 3.05) is 14.2 Å². The maximum absolute atomic E-state index is 11.4. The number of hydrogen-bond acceptors (Lipinski definition) is 3. The van der Waals surface area contributed by atoms with Crippen LogP contribution in [-0.2, 0) is 4.79 Å². The lowest BCUT2D eigenvalue weighted by atomic mass is 9.88. The Morgan fingerprint density at radius 3 is 2.58 bits per heavy atom. The van der Waals surface area contributed by atoms with Crippen LogP contribution in [0.4, 0.5) is 0 Å². The van der Waals surface area contributed by atoms with Crippen LogP contribution in [-0.4, -0.2) is 30.3 Å². The zero-order valence-electron chi connectivity index (χ0n) is 13.6. The van der Waals surface area contributed by atoms with Crippen molar-refractivity contribution in [3.8, 4) is 11.5 Å². The highest BCUT2D eigenvalue weighted by Gasteiger charge is 2.22. The Balaban J connectivity index is 2.12. The predicted molar refractivity (Wildman–Crippen MR) is 91.9 cm³/mol. The highest BCUT2D eigenvalue weighted by Crippen LogP contribution is 2.37. The van der Waals surface area contributed by atoms with Gasteiger partial charge in [0, 0.05) is 23.0 Å². The fourth-order valence-electron chi connectivity index (χ4n) is 3.03. The molecule has 24 heavy (non-hydrogen) atoms. The van der Waals surface area contributed by atoms with E-state index in [4.69, 9.17) is 9.47 Å². The number of benzene rings is 2. The molecule has 2 aromatic carbocycles. The largest absolute Gasteiger partial charge is 0.493 e. The molecule has 3 rings (SSSR count). The van der Waals surface area contributed by atoms with Crippen LogP contribution in [0, 0.1) is 0 Å². The maximum Gasteiger partial charge on any atom is 0.304 e. The summed E-state index contributed by atoms with van der Waals surface area (Å²) in [5.41, 5.74) is 2.82. The molecule has 0 unspecified atom stereocenters. The van der Waals surface area contributed by atoms with E-state index in [0.29, 0.717) is 11.5 Å². The molecule has 0 fully saturated rings. The number of ether oxygens (including phenoxy) is 2. The third-order valence-electron chi connectivity index (χ3n) is 4.19. The summed E-state index contributed by atoms with van der Waals surface area (Å²) in [6, 6.07) is 13.4. The minimum atomic E-state index is -0.847. The molecule has 0 radical (unpaired) electrons. The number of rotatable bonds is 6.